The van der Waals surface area contributed by atoms with Gasteiger partial charge in [0.2, 0.25) is 5.43 Å². The van der Waals surface area contributed by atoms with Crippen molar-refractivity contribution in [3.05, 3.63) is 105 Å². The van der Waals surface area contributed by atoms with Crippen LogP contribution in [0.3, 0.4) is 0 Å². The van der Waals surface area contributed by atoms with Gasteiger partial charge in [0, 0.05) is 12.2 Å². The fraction of sp³-hybridized carbons (Fsp3) is 0.333. The maximum absolute atomic E-state index is 16.1. The van der Waals surface area contributed by atoms with Crippen LogP contribution in [-0.4, -0.2) is 10.4 Å². The van der Waals surface area contributed by atoms with E-state index >= 15 is 4.39 Å². The maximum Gasteiger partial charge on any atom is 0.228 e. The van der Waals surface area contributed by atoms with Crippen LogP contribution in [0.15, 0.2) is 66.1 Å². The molecule has 2 aromatic carbocycles. The highest BCUT2D eigenvalue weighted by Gasteiger charge is 2.27. The van der Waals surface area contributed by atoms with Crippen molar-refractivity contribution in [3.8, 4) is 0 Å². The van der Waals surface area contributed by atoms with Crippen molar-refractivity contribution in [1.82, 2.24) is 4.57 Å². The molecule has 202 valence electrons. The Morgan fingerprint density at radius 3 is 2.05 bits per heavy atom. The Kier molecular flexibility index (Phi) is 11.2. The zero-order valence-corrected chi connectivity index (χ0v) is 25.1. The summed E-state index contributed by atoms with van der Waals surface area (Å²) in [7, 11) is 2.74. The first kappa shape index (κ1) is 31.1. The summed E-state index contributed by atoms with van der Waals surface area (Å²) < 4.78 is 17.9. The third kappa shape index (κ3) is 6.30. The van der Waals surface area contributed by atoms with Gasteiger partial charge in [-0.25, -0.2) is 4.39 Å². The summed E-state index contributed by atoms with van der Waals surface area (Å²) in [6.45, 7) is 19.7. The Bertz CT molecular complexity index is 1410. The molecular weight excluding hydrogens is 492 g/mol. The average molecular weight is 534 g/mol. The molecule has 3 rings (SSSR count). The number of rotatable bonds is 8. The number of aromatic nitrogens is 1. The number of pyridine rings is 1. The highest BCUT2D eigenvalue weighted by Crippen LogP contribution is 2.39. The summed E-state index contributed by atoms with van der Waals surface area (Å²) in [4.78, 5) is 25.3. The first-order chi connectivity index (χ1) is 18.0. The first-order valence-electron chi connectivity index (χ1n) is 13.3. The second-order valence-corrected chi connectivity index (χ2v) is 10.2. The number of hydrogen-bond donors (Lipinski definition) is 0. The van der Waals surface area contributed by atoms with E-state index in [-0.39, 0.29) is 23.2 Å². The highest BCUT2D eigenvalue weighted by atomic mass is 31.0. The van der Waals surface area contributed by atoms with Crippen LogP contribution in [0.2, 0.25) is 0 Å². The molecule has 0 N–H and O–H groups in total. The highest BCUT2D eigenvalue weighted by molar-refractivity contribution is 7.27. The Balaban J connectivity index is 0.00000247. The average Bonchev–Trinajstić information content (AvgIpc) is 2.88. The molecule has 1 heterocycles. The number of aryl methyl sites for hydroxylation is 1. The van der Waals surface area contributed by atoms with Crippen molar-refractivity contribution in [3.63, 3.8) is 0 Å². The predicted octanol–water partition coefficient (Wildman–Crippen LogP) is 8.28. The minimum Gasteiger partial charge on any atom is -0.341 e. The number of Topliss-reactive ketones (excluding diaryl/α,β-unsaturated/α-hetero) is 1. The molecule has 1 unspecified atom stereocenters. The van der Waals surface area contributed by atoms with Gasteiger partial charge in [-0.3, -0.25) is 9.59 Å². The van der Waals surface area contributed by atoms with Gasteiger partial charge in [0.25, 0.3) is 0 Å². The number of carbonyl (C=O) groups excluding carboxylic acids is 1. The Hall–Kier alpha value is -3.10. The maximum atomic E-state index is 16.1. The standard InChI is InChI=1S/C31H35FNO2P.C2H6/c1-8-26(18(2)3)33-17-25(22(7)34)31(35)29(32)30(33)21(6)28(23-14-10-9-13-19(23)4)20(5)24-15-11-12-16-27(24)36;1-2/h9-18,26H,5,8,36H2,1-4,6-7H3;1-2H3/b28-21-;/t26-;/m0./s1. The van der Waals surface area contributed by atoms with Crippen molar-refractivity contribution in [1.29, 1.82) is 0 Å². The van der Waals surface area contributed by atoms with Gasteiger partial charge in [-0.2, -0.15) is 0 Å². The third-order valence-corrected chi connectivity index (χ3v) is 7.34. The summed E-state index contributed by atoms with van der Waals surface area (Å²) in [6.07, 6.45) is 2.26. The molecule has 0 bridgehead atoms. The second-order valence-electron chi connectivity index (χ2n) is 9.60. The molecule has 3 nitrogen and oxygen atoms in total. The smallest absolute Gasteiger partial charge is 0.228 e. The van der Waals surface area contributed by atoms with Crippen LogP contribution in [0.1, 0.15) is 93.7 Å². The summed E-state index contributed by atoms with van der Waals surface area (Å²) >= 11 is 0. The van der Waals surface area contributed by atoms with Crippen LogP contribution in [0.25, 0.3) is 16.7 Å². The molecule has 0 radical (unpaired) electrons. The lowest BCUT2D eigenvalue weighted by atomic mass is 9.86. The topological polar surface area (TPSA) is 39.1 Å². The van der Waals surface area contributed by atoms with E-state index in [1.54, 1.807) is 10.8 Å². The Morgan fingerprint density at radius 2 is 1.55 bits per heavy atom. The number of carbonyl (C=O) groups is 1. The summed E-state index contributed by atoms with van der Waals surface area (Å²) in [5, 5.41) is 0.972. The van der Waals surface area contributed by atoms with Crippen LogP contribution < -0.4 is 10.7 Å². The lowest BCUT2D eigenvalue weighted by Crippen LogP contribution is -2.27. The number of ketones is 1. The molecule has 5 heteroatoms. The van der Waals surface area contributed by atoms with E-state index in [2.05, 4.69) is 29.7 Å². The monoisotopic (exact) mass is 533 g/mol. The minimum atomic E-state index is -0.905. The number of halogens is 1. The number of nitrogens with zero attached hydrogens (tertiary/aromatic N) is 1. The summed E-state index contributed by atoms with van der Waals surface area (Å²) in [6, 6.07) is 15.7. The van der Waals surface area contributed by atoms with E-state index < -0.39 is 17.0 Å². The van der Waals surface area contributed by atoms with Crippen LogP contribution >= 0.6 is 9.24 Å². The quantitative estimate of drug-likeness (QED) is 0.166. The van der Waals surface area contributed by atoms with Crippen LogP contribution in [0.5, 0.6) is 0 Å². The van der Waals surface area contributed by atoms with E-state index in [9.17, 15) is 9.59 Å². The fourth-order valence-electron chi connectivity index (χ4n) is 4.93. The van der Waals surface area contributed by atoms with Gasteiger partial charge in [-0.05, 0) is 71.8 Å². The molecule has 38 heavy (non-hydrogen) atoms. The van der Waals surface area contributed by atoms with Gasteiger partial charge in [0.05, 0.1) is 11.3 Å². The van der Waals surface area contributed by atoms with Crippen molar-refractivity contribution < 1.29 is 9.18 Å². The van der Waals surface area contributed by atoms with E-state index in [1.807, 2.05) is 83.1 Å². The van der Waals surface area contributed by atoms with Crippen LogP contribution in [0.4, 0.5) is 4.39 Å². The van der Waals surface area contributed by atoms with Crippen LogP contribution in [-0.2, 0) is 0 Å². The third-order valence-electron chi connectivity index (χ3n) is 6.83. The first-order valence-corrected chi connectivity index (χ1v) is 13.9. The molecule has 0 amide bonds. The molecule has 0 aliphatic rings. The molecule has 1 aromatic heterocycles. The van der Waals surface area contributed by atoms with Crippen molar-refractivity contribution in [2.24, 2.45) is 5.92 Å². The molecule has 0 spiro atoms. The van der Waals surface area contributed by atoms with E-state index in [1.165, 1.54) is 6.92 Å². The van der Waals surface area contributed by atoms with Crippen molar-refractivity contribution in [2.75, 3.05) is 0 Å². The molecule has 2 atom stereocenters. The fourth-order valence-corrected chi connectivity index (χ4v) is 5.31. The Morgan fingerprint density at radius 1 is 1.00 bits per heavy atom. The molecule has 0 fully saturated rings. The van der Waals surface area contributed by atoms with Gasteiger partial charge >= 0.3 is 0 Å². The second kappa shape index (κ2) is 13.6. The molecule has 0 aliphatic carbocycles. The summed E-state index contributed by atoms with van der Waals surface area (Å²) in [5.41, 5.74) is 4.16. The zero-order valence-electron chi connectivity index (χ0n) is 24.0. The lowest BCUT2D eigenvalue weighted by Gasteiger charge is -2.29. The molecule has 0 saturated heterocycles. The lowest BCUT2D eigenvalue weighted by molar-refractivity contribution is 0.101. The molecule has 3 aromatic rings. The van der Waals surface area contributed by atoms with Gasteiger partial charge in [-0.15, -0.1) is 9.24 Å². The van der Waals surface area contributed by atoms with Crippen LogP contribution in [0, 0.1) is 18.7 Å². The minimum absolute atomic E-state index is 0.108. The van der Waals surface area contributed by atoms with Gasteiger partial charge in [-0.1, -0.05) is 89.7 Å². The van der Waals surface area contributed by atoms with Crippen molar-refractivity contribution in [2.45, 2.75) is 67.9 Å². The van der Waals surface area contributed by atoms with Gasteiger partial charge < -0.3 is 4.57 Å². The van der Waals surface area contributed by atoms with Crippen molar-refractivity contribution >= 4 is 37.0 Å². The van der Waals surface area contributed by atoms with Gasteiger partial charge in [0.15, 0.2) is 11.6 Å². The number of hydrogen-bond acceptors (Lipinski definition) is 2. The summed E-state index contributed by atoms with van der Waals surface area (Å²) in [5.74, 6) is -1.20. The molecule has 0 aliphatic heterocycles. The SMILES string of the molecule is C=C(/C(=C(\C)c1c(F)c(=O)c(C(C)=O)cn1[C@@H](CC)C(C)C)c1ccccc1C)c1ccccc1P.CC. The predicted molar refractivity (Wildman–Crippen MR) is 165 cm³/mol. The number of benzene rings is 2. The largest absolute Gasteiger partial charge is 0.341 e. The molecule has 0 saturated carbocycles. The number of allylic oxidation sites excluding steroid dienone is 3. The van der Waals surface area contributed by atoms with Gasteiger partial charge in [0.1, 0.15) is 0 Å². The Labute approximate surface area is 229 Å². The van der Waals surface area contributed by atoms with E-state index in [0.717, 1.165) is 33.1 Å². The van der Waals surface area contributed by atoms with E-state index in [4.69, 9.17) is 0 Å². The zero-order chi connectivity index (χ0) is 28.7. The normalized spacial score (nSPS) is 12.4. The van der Waals surface area contributed by atoms with E-state index in [0.29, 0.717) is 12.0 Å². The molecular formula is C33H41FNO2P.